The van der Waals surface area contributed by atoms with Crippen LogP contribution < -0.4 is 10.1 Å². The number of benzene rings is 2. The van der Waals surface area contributed by atoms with E-state index in [9.17, 15) is 13.6 Å². The first-order valence-electron chi connectivity index (χ1n) is 7.58. The zero-order valence-electron chi connectivity index (χ0n) is 13.4. The van der Waals surface area contributed by atoms with Gasteiger partial charge in [0, 0.05) is 16.6 Å². The zero-order chi connectivity index (χ0) is 18.4. The van der Waals surface area contributed by atoms with Gasteiger partial charge in [-0.3, -0.25) is 4.79 Å². The number of hydrogen-bond donors (Lipinski definition) is 1. The van der Waals surface area contributed by atoms with Gasteiger partial charge in [-0.2, -0.15) is 8.78 Å². The van der Waals surface area contributed by atoms with Crippen molar-refractivity contribution in [2.75, 3.05) is 11.1 Å². The van der Waals surface area contributed by atoms with Crippen molar-refractivity contribution in [3.8, 4) is 17.0 Å². The summed E-state index contributed by atoms with van der Waals surface area (Å²) < 4.78 is 29.3. The molecule has 1 amide bonds. The molecule has 1 heterocycles. The van der Waals surface area contributed by atoms with Gasteiger partial charge in [0.2, 0.25) is 5.91 Å². The largest absolute Gasteiger partial charge is 0.435 e. The van der Waals surface area contributed by atoms with E-state index in [0.29, 0.717) is 5.69 Å². The second-order valence-electron chi connectivity index (χ2n) is 5.10. The van der Waals surface area contributed by atoms with Crippen LogP contribution in [-0.4, -0.2) is 23.3 Å². The monoisotopic (exact) mass is 392 g/mol. The molecule has 1 aromatic heterocycles. The minimum atomic E-state index is -2.87. The van der Waals surface area contributed by atoms with Crippen LogP contribution in [0.4, 0.5) is 14.5 Å². The molecule has 0 radical (unpaired) electrons. The van der Waals surface area contributed by atoms with Gasteiger partial charge in [-0.15, -0.1) is 11.3 Å². The van der Waals surface area contributed by atoms with Crippen LogP contribution in [-0.2, 0) is 4.79 Å². The number of aromatic nitrogens is 1. The fraction of sp³-hybridized carbons (Fsp3) is 0.111. The van der Waals surface area contributed by atoms with E-state index in [1.165, 1.54) is 47.4 Å². The van der Waals surface area contributed by atoms with E-state index in [-0.39, 0.29) is 17.4 Å². The summed E-state index contributed by atoms with van der Waals surface area (Å²) in [4.78, 5) is 16.5. The molecular formula is C18H14F2N2O2S2. The number of nitrogens with one attached hydrogen (secondary N) is 1. The average Bonchev–Trinajstić information content (AvgIpc) is 3.11. The molecule has 1 N–H and O–H groups in total. The van der Waals surface area contributed by atoms with Gasteiger partial charge in [-0.1, -0.05) is 42.1 Å². The average molecular weight is 392 g/mol. The summed E-state index contributed by atoms with van der Waals surface area (Å²) in [5, 5.41) is 4.66. The summed E-state index contributed by atoms with van der Waals surface area (Å²) in [5.41, 5.74) is 2.43. The number of ether oxygens (including phenoxy) is 1. The molecule has 2 aromatic carbocycles. The van der Waals surface area contributed by atoms with Crippen molar-refractivity contribution in [3.05, 3.63) is 60.0 Å². The predicted octanol–water partition coefficient (Wildman–Crippen LogP) is 5.14. The fourth-order valence-electron chi connectivity index (χ4n) is 2.11. The first-order chi connectivity index (χ1) is 12.6. The van der Waals surface area contributed by atoms with Crippen molar-refractivity contribution < 1.29 is 18.3 Å². The lowest BCUT2D eigenvalue weighted by molar-refractivity contribution is -0.113. The molecule has 0 saturated carbocycles. The zero-order valence-corrected chi connectivity index (χ0v) is 15.0. The van der Waals surface area contributed by atoms with Crippen LogP contribution in [0.15, 0.2) is 64.3 Å². The van der Waals surface area contributed by atoms with Crippen molar-refractivity contribution in [2.45, 2.75) is 11.0 Å². The van der Waals surface area contributed by atoms with Crippen LogP contribution in [0.1, 0.15) is 0 Å². The maximum Gasteiger partial charge on any atom is 0.387 e. The number of alkyl halides is 2. The molecule has 134 valence electrons. The Morgan fingerprint density at radius 2 is 1.88 bits per heavy atom. The van der Waals surface area contributed by atoms with E-state index in [0.717, 1.165) is 15.6 Å². The Balaban J connectivity index is 1.50. The van der Waals surface area contributed by atoms with Crippen molar-refractivity contribution in [1.29, 1.82) is 0 Å². The Labute approximate surface area is 157 Å². The molecule has 3 rings (SSSR count). The third kappa shape index (κ3) is 5.27. The topological polar surface area (TPSA) is 51.2 Å². The van der Waals surface area contributed by atoms with Crippen molar-refractivity contribution in [1.82, 2.24) is 4.98 Å². The van der Waals surface area contributed by atoms with E-state index >= 15 is 0 Å². The Morgan fingerprint density at radius 3 is 2.58 bits per heavy atom. The maximum absolute atomic E-state index is 12.1. The summed E-state index contributed by atoms with van der Waals surface area (Å²) in [6.07, 6.45) is 0. The number of rotatable bonds is 7. The normalized spacial score (nSPS) is 10.7. The molecule has 26 heavy (non-hydrogen) atoms. The summed E-state index contributed by atoms with van der Waals surface area (Å²) in [6.45, 7) is -2.87. The molecular weight excluding hydrogens is 378 g/mol. The Morgan fingerprint density at radius 1 is 1.15 bits per heavy atom. The second-order valence-corrected chi connectivity index (χ2v) is 7.18. The molecule has 0 fully saturated rings. The molecule has 8 heteroatoms. The van der Waals surface area contributed by atoms with Gasteiger partial charge in [-0.05, 0) is 24.3 Å². The van der Waals surface area contributed by atoms with Gasteiger partial charge in [0.1, 0.15) is 5.75 Å². The predicted molar refractivity (Wildman–Crippen MR) is 100.0 cm³/mol. The first kappa shape index (κ1) is 18.3. The van der Waals surface area contributed by atoms with Crippen LogP contribution in [0.3, 0.4) is 0 Å². The number of amides is 1. The van der Waals surface area contributed by atoms with Crippen LogP contribution in [0.25, 0.3) is 11.3 Å². The van der Waals surface area contributed by atoms with E-state index in [4.69, 9.17) is 0 Å². The number of anilines is 1. The number of nitrogens with zero attached hydrogens (tertiary/aromatic N) is 1. The number of carbonyl (C=O) groups is 1. The number of carbonyl (C=O) groups excluding carboxylic acids is 1. The van der Waals surface area contributed by atoms with Gasteiger partial charge in [0.05, 0.1) is 11.4 Å². The minimum Gasteiger partial charge on any atom is -0.435 e. The highest BCUT2D eigenvalue weighted by Crippen LogP contribution is 2.28. The molecule has 3 aromatic rings. The third-order valence-electron chi connectivity index (χ3n) is 3.24. The number of thiazole rings is 1. The number of hydrogen-bond acceptors (Lipinski definition) is 5. The van der Waals surface area contributed by atoms with E-state index in [2.05, 4.69) is 15.0 Å². The SMILES string of the molecule is O=C(CSc1nc(-c2ccccc2)cs1)Nc1ccc(OC(F)F)cc1. The highest BCUT2D eigenvalue weighted by molar-refractivity contribution is 8.01. The second kappa shape index (κ2) is 8.77. The molecule has 0 bridgehead atoms. The summed E-state index contributed by atoms with van der Waals surface area (Å²) >= 11 is 2.83. The van der Waals surface area contributed by atoms with Gasteiger partial charge < -0.3 is 10.1 Å². The summed E-state index contributed by atoms with van der Waals surface area (Å²) in [7, 11) is 0. The lowest BCUT2D eigenvalue weighted by Gasteiger charge is -2.07. The first-order valence-corrected chi connectivity index (χ1v) is 9.45. The van der Waals surface area contributed by atoms with Gasteiger partial charge in [0.15, 0.2) is 4.34 Å². The molecule has 0 aliphatic heterocycles. The summed E-state index contributed by atoms with van der Waals surface area (Å²) in [5.74, 6) is 0.0504. The lowest BCUT2D eigenvalue weighted by Crippen LogP contribution is -2.13. The van der Waals surface area contributed by atoms with Crippen LogP contribution >= 0.6 is 23.1 Å². The van der Waals surface area contributed by atoms with Crippen LogP contribution in [0.5, 0.6) is 5.75 Å². The van der Waals surface area contributed by atoms with Crippen LogP contribution in [0.2, 0.25) is 0 Å². The maximum atomic E-state index is 12.1. The van der Waals surface area contributed by atoms with Gasteiger partial charge in [0.25, 0.3) is 0 Å². The molecule has 0 atom stereocenters. The Kier molecular flexibility index (Phi) is 6.19. The molecule has 4 nitrogen and oxygen atoms in total. The Bertz CT molecular complexity index is 855. The summed E-state index contributed by atoms with van der Waals surface area (Å²) in [6, 6.07) is 15.6. The van der Waals surface area contributed by atoms with E-state index in [1.54, 1.807) is 0 Å². The number of thioether (sulfide) groups is 1. The van der Waals surface area contributed by atoms with Gasteiger partial charge in [-0.25, -0.2) is 4.98 Å². The van der Waals surface area contributed by atoms with E-state index < -0.39 is 6.61 Å². The fourth-order valence-corrected chi connectivity index (χ4v) is 3.74. The molecule has 0 saturated heterocycles. The van der Waals surface area contributed by atoms with Crippen molar-refractivity contribution >= 4 is 34.7 Å². The van der Waals surface area contributed by atoms with Crippen molar-refractivity contribution in [2.24, 2.45) is 0 Å². The lowest BCUT2D eigenvalue weighted by atomic mass is 10.2. The minimum absolute atomic E-state index is 0.0450. The molecule has 0 spiro atoms. The van der Waals surface area contributed by atoms with Crippen LogP contribution in [0, 0.1) is 0 Å². The quantitative estimate of drug-likeness (QED) is 0.566. The van der Waals surface area contributed by atoms with Crippen molar-refractivity contribution in [3.63, 3.8) is 0 Å². The molecule has 0 unspecified atom stereocenters. The highest BCUT2D eigenvalue weighted by atomic mass is 32.2. The van der Waals surface area contributed by atoms with E-state index in [1.807, 2.05) is 35.7 Å². The highest BCUT2D eigenvalue weighted by Gasteiger charge is 2.09. The molecule has 0 aliphatic rings. The standard InChI is InChI=1S/C18H14F2N2O2S2/c19-17(20)24-14-8-6-13(7-9-14)21-16(23)11-26-18-22-15(10-25-18)12-4-2-1-3-5-12/h1-10,17H,11H2,(H,21,23). The Hall–Kier alpha value is -2.45. The molecule has 0 aliphatic carbocycles. The number of halogens is 2. The third-order valence-corrected chi connectivity index (χ3v) is 5.26. The van der Waals surface area contributed by atoms with Gasteiger partial charge >= 0.3 is 6.61 Å². The smallest absolute Gasteiger partial charge is 0.387 e.